The van der Waals surface area contributed by atoms with Crippen LogP contribution in [0.25, 0.3) is 0 Å². The van der Waals surface area contributed by atoms with Crippen molar-refractivity contribution in [2.75, 3.05) is 60.2 Å². The van der Waals surface area contributed by atoms with Gasteiger partial charge in [-0.1, -0.05) is 80.4 Å². The predicted octanol–water partition coefficient (Wildman–Crippen LogP) is 6.88. The maximum Gasteiger partial charge on any atom is 0.308 e. The third-order valence-electron chi connectivity index (χ3n) is 13.9. The maximum atomic E-state index is 14.8. The van der Waals surface area contributed by atoms with Crippen molar-refractivity contribution in [1.82, 2.24) is 30.7 Å². The highest BCUT2D eigenvalue weighted by atomic mass is 32.1. The first kappa shape index (κ1) is 65.6. The van der Waals surface area contributed by atoms with Gasteiger partial charge in [-0.25, -0.2) is 4.98 Å². The molecule has 3 rings (SSSR count). The summed E-state index contributed by atoms with van der Waals surface area (Å²) in [5, 5.41) is 30.7. The summed E-state index contributed by atoms with van der Waals surface area (Å²) in [6.07, 6.45) is 5.52. The van der Waals surface area contributed by atoms with Crippen molar-refractivity contribution < 1.29 is 62.7 Å². The van der Waals surface area contributed by atoms with Crippen molar-refractivity contribution in [2.24, 2.45) is 17.8 Å². The molecular formula is C56H92N6O13S. The standard InChI is InChI=1S/C56H92N6O13S/c1-11-27-62(55(69)51(38(7)13-3)60-53(68)45-19-15-16-28-61(45)9)46(37(5)6)33-47(72-29-12-2)54-59-44(36-76-54)52(67)58-41(32-40-22-24-42(64)25-23-40)31-39(8)56(70)73-30-18-26-57-48(65)20-17-21-49(66)74-35-50(71-10)75-43(14-4)34-63/h22-25,36-39,41,43,45-47,50-51,63-64H,11-21,26-35H2,1-10H3,(H,57,65)(H,58,67)(H,60,68)/t38-,39-,41+,43?,45+,46+,47+,50?,51-/m0/s1. The summed E-state index contributed by atoms with van der Waals surface area (Å²) in [6, 6.07) is 4.90. The number of nitrogens with one attached hydrogen (secondary N) is 3. The van der Waals surface area contributed by atoms with Gasteiger partial charge in [0.15, 0.2) is 6.29 Å². The lowest BCUT2D eigenvalue weighted by molar-refractivity contribution is -0.194. The Morgan fingerprint density at radius 3 is 2.28 bits per heavy atom. The van der Waals surface area contributed by atoms with Gasteiger partial charge in [-0.3, -0.25) is 33.7 Å². The van der Waals surface area contributed by atoms with E-state index in [1.54, 1.807) is 36.6 Å². The fraction of sp³-hybridized carbons (Fsp3) is 0.732. The smallest absolute Gasteiger partial charge is 0.308 e. The zero-order chi connectivity index (χ0) is 56.2. The molecule has 2 aromatic rings. The van der Waals surface area contributed by atoms with Gasteiger partial charge in [-0.2, -0.15) is 0 Å². The number of nitrogens with zero attached hydrogens (tertiary/aromatic N) is 3. The largest absolute Gasteiger partial charge is 0.508 e. The van der Waals surface area contributed by atoms with Crippen molar-refractivity contribution in [1.29, 1.82) is 0 Å². The second-order valence-electron chi connectivity index (χ2n) is 20.5. The van der Waals surface area contributed by atoms with Crippen LogP contribution < -0.4 is 16.0 Å². The van der Waals surface area contributed by atoms with Crippen LogP contribution >= 0.6 is 11.3 Å². The summed E-state index contributed by atoms with van der Waals surface area (Å²) in [5.74, 6) is -2.46. The van der Waals surface area contributed by atoms with Crippen LogP contribution in [0, 0.1) is 17.8 Å². The molecule has 1 aliphatic rings. The predicted molar refractivity (Wildman–Crippen MR) is 291 cm³/mol. The lowest BCUT2D eigenvalue weighted by Crippen LogP contribution is -2.58. The number of aromatic hydroxyl groups is 1. The number of amides is 4. The Kier molecular flexibility index (Phi) is 30.7. The number of carbonyl (C=O) groups excluding carboxylic acids is 6. The van der Waals surface area contributed by atoms with Crippen LogP contribution in [0.1, 0.15) is 166 Å². The molecule has 0 spiro atoms. The molecule has 1 aromatic carbocycles. The zero-order valence-corrected chi connectivity index (χ0v) is 48.0. The number of likely N-dealkylation sites (N-methyl/N-ethyl adjacent to an activating group) is 1. The Balaban J connectivity index is 1.65. The molecular weight excluding hydrogens is 997 g/mol. The van der Waals surface area contributed by atoms with Crippen LogP contribution in [0.5, 0.6) is 5.75 Å². The summed E-state index contributed by atoms with van der Waals surface area (Å²) in [4.78, 5) is 89.4. The van der Waals surface area contributed by atoms with E-state index in [1.807, 2.05) is 46.6 Å². The Morgan fingerprint density at radius 1 is 0.908 bits per heavy atom. The number of aliphatic hydroxyl groups excluding tert-OH is 1. The number of thiazole rings is 1. The third-order valence-corrected chi connectivity index (χ3v) is 14.8. The number of ether oxygens (including phenoxy) is 5. The molecule has 1 fully saturated rings. The second-order valence-corrected chi connectivity index (χ2v) is 21.4. The van der Waals surface area contributed by atoms with E-state index in [0.29, 0.717) is 50.3 Å². The second kappa shape index (κ2) is 35.6. The fourth-order valence-corrected chi connectivity index (χ4v) is 9.94. The van der Waals surface area contributed by atoms with Gasteiger partial charge in [0.2, 0.25) is 17.7 Å². The highest BCUT2D eigenvalue weighted by Crippen LogP contribution is 2.32. The highest BCUT2D eigenvalue weighted by molar-refractivity contribution is 7.09. The minimum absolute atomic E-state index is 0.0215. The monoisotopic (exact) mass is 1090 g/mol. The molecule has 19 nitrogen and oxygen atoms in total. The number of likely N-dealkylation sites (tertiary alicyclic amines) is 1. The number of methoxy groups -OCH3 is 1. The van der Waals surface area contributed by atoms with E-state index in [2.05, 4.69) is 34.7 Å². The van der Waals surface area contributed by atoms with Crippen LogP contribution in [-0.4, -0.2) is 157 Å². The van der Waals surface area contributed by atoms with E-state index >= 15 is 0 Å². The Hall–Kier alpha value is -4.73. The number of phenols is 1. The van der Waals surface area contributed by atoms with Gasteiger partial charge >= 0.3 is 11.9 Å². The molecule has 1 aliphatic heterocycles. The van der Waals surface area contributed by atoms with Crippen LogP contribution in [0.3, 0.4) is 0 Å². The molecule has 0 bridgehead atoms. The molecule has 1 saturated heterocycles. The topological polar surface area (TPSA) is 244 Å². The highest BCUT2D eigenvalue weighted by Gasteiger charge is 2.38. The SMILES string of the molecule is CCCO[C@H](C[C@H](C(C)C)N(CCC)C(=O)[C@@H](NC(=O)[C@H]1CCCCN1C)[C@@H](C)CC)c1nc(C(=O)N[C@@H](Cc2ccc(O)cc2)C[C@H](C)C(=O)OCCCNC(=O)CCCC(=O)OCC(OC)OC(CC)CO)cs1. The molecule has 1 aromatic heterocycles. The van der Waals surface area contributed by atoms with Crippen molar-refractivity contribution >= 4 is 46.9 Å². The Morgan fingerprint density at radius 2 is 1.64 bits per heavy atom. The van der Waals surface area contributed by atoms with Crippen molar-refractivity contribution in [3.05, 3.63) is 45.9 Å². The van der Waals surface area contributed by atoms with E-state index < -0.39 is 54.3 Å². The van der Waals surface area contributed by atoms with Gasteiger partial charge in [0.05, 0.1) is 31.3 Å². The minimum Gasteiger partial charge on any atom is -0.508 e. The number of aromatic nitrogens is 1. The van der Waals surface area contributed by atoms with Gasteiger partial charge in [0.1, 0.15) is 35.2 Å². The minimum atomic E-state index is -0.812. The summed E-state index contributed by atoms with van der Waals surface area (Å²) in [6.45, 7) is 17.6. The third kappa shape index (κ3) is 22.7. The number of phenolic OH excluding ortho intramolecular Hbond substituents is 1. The number of aliphatic hydroxyl groups is 1. The molecule has 5 N–H and O–H groups in total. The molecule has 0 radical (unpaired) electrons. The summed E-state index contributed by atoms with van der Waals surface area (Å²) in [5.41, 5.74) is 1.03. The first-order valence-electron chi connectivity index (χ1n) is 27.7. The number of benzene rings is 1. The van der Waals surface area contributed by atoms with Gasteiger partial charge in [-0.05, 0) is 101 Å². The summed E-state index contributed by atoms with van der Waals surface area (Å²) in [7, 11) is 3.38. The number of hydrogen-bond donors (Lipinski definition) is 5. The van der Waals surface area contributed by atoms with Crippen LogP contribution in [0.15, 0.2) is 29.6 Å². The molecule has 9 atom stereocenters. The van der Waals surface area contributed by atoms with Crippen LogP contribution in [-0.2, 0) is 54.1 Å². The fourth-order valence-electron chi connectivity index (χ4n) is 9.08. The Labute approximate surface area is 456 Å². The van der Waals surface area contributed by atoms with E-state index in [9.17, 15) is 39.0 Å². The van der Waals surface area contributed by atoms with E-state index in [1.165, 1.54) is 18.4 Å². The maximum absolute atomic E-state index is 14.8. The molecule has 76 heavy (non-hydrogen) atoms. The zero-order valence-electron chi connectivity index (χ0n) is 47.1. The van der Waals surface area contributed by atoms with Crippen molar-refractivity contribution in [3.8, 4) is 5.75 Å². The van der Waals surface area contributed by atoms with Gasteiger partial charge in [-0.15, -0.1) is 11.3 Å². The first-order valence-corrected chi connectivity index (χ1v) is 28.6. The molecule has 20 heteroatoms. The summed E-state index contributed by atoms with van der Waals surface area (Å²) >= 11 is 1.32. The molecule has 2 heterocycles. The van der Waals surface area contributed by atoms with E-state index in [-0.39, 0.29) is 105 Å². The average Bonchev–Trinajstić information content (AvgIpc) is 3.90. The van der Waals surface area contributed by atoms with E-state index in [0.717, 1.165) is 44.2 Å². The number of esters is 2. The van der Waals surface area contributed by atoms with Crippen molar-refractivity contribution in [2.45, 2.75) is 188 Å². The summed E-state index contributed by atoms with van der Waals surface area (Å²) < 4.78 is 28.0. The van der Waals surface area contributed by atoms with E-state index in [4.69, 9.17) is 28.7 Å². The molecule has 0 aliphatic carbocycles. The number of piperidine rings is 1. The number of hydrogen-bond acceptors (Lipinski definition) is 16. The lowest BCUT2D eigenvalue weighted by atomic mass is 9.92. The van der Waals surface area contributed by atoms with Gasteiger partial charge < -0.3 is 54.7 Å². The number of rotatable bonds is 37. The normalized spacial score (nSPS) is 17.1. The molecule has 4 amide bonds. The first-order chi connectivity index (χ1) is 36.4. The van der Waals surface area contributed by atoms with Crippen LogP contribution in [0.2, 0.25) is 0 Å². The van der Waals surface area contributed by atoms with Gasteiger partial charge in [0.25, 0.3) is 5.91 Å². The van der Waals surface area contributed by atoms with Crippen molar-refractivity contribution in [3.63, 3.8) is 0 Å². The molecule has 430 valence electrons. The molecule has 0 saturated carbocycles. The molecule has 2 unspecified atom stereocenters. The number of carbonyl (C=O) groups is 6. The lowest BCUT2D eigenvalue weighted by Gasteiger charge is -2.40. The quantitative estimate of drug-likeness (QED) is 0.0263. The van der Waals surface area contributed by atoms with Crippen LogP contribution in [0.4, 0.5) is 0 Å². The average molecular weight is 1090 g/mol. The van der Waals surface area contributed by atoms with Gasteiger partial charge in [0, 0.05) is 63.5 Å². The Bertz CT molecular complexity index is 2040.